The average Bonchev–Trinajstić information content (AvgIpc) is 3.02. The molecule has 5 rings (SSSR count). The van der Waals surface area contributed by atoms with Crippen molar-refractivity contribution in [1.29, 1.82) is 0 Å². The number of pyridine rings is 4. The van der Waals surface area contributed by atoms with E-state index in [1.807, 2.05) is 12.1 Å². The molecule has 4 heterocycles. The van der Waals surface area contributed by atoms with Crippen molar-refractivity contribution in [2.75, 3.05) is 7.11 Å². The van der Waals surface area contributed by atoms with E-state index in [-0.39, 0.29) is 6.61 Å². The fourth-order valence-electron chi connectivity index (χ4n) is 3.21. The second kappa shape index (κ2) is 14.7. The first kappa shape index (κ1) is 28.0. The first-order chi connectivity index (χ1) is 20.3. The highest BCUT2D eigenvalue weighted by molar-refractivity contribution is 7.43. The highest BCUT2D eigenvalue weighted by Gasteiger charge is 2.26. The largest absolute Gasteiger partial charge is 0.530 e. The van der Waals surface area contributed by atoms with Crippen LogP contribution in [0.5, 0.6) is 34.5 Å². The second-order valence-electron chi connectivity index (χ2n) is 7.88. The number of benzene rings is 1. The third-order valence-corrected chi connectivity index (χ3v) is 7.14. The standard InChI is InChI=1S/C28H24N4O7P2/c1-33-27-12-2-7-22(21-34-40(35-23-8-3-13-29-17-23)36-24-9-4-14-30-18-24)28(27)39-41(37-25-10-5-15-31-19-25)38-26-11-6-16-32-20-26/h2-20H,21H2,1H3. The molecule has 0 amide bonds. The maximum Gasteiger partial charge on any atom is 0.530 e. The number of ether oxygens (including phenoxy) is 1. The fourth-order valence-corrected chi connectivity index (χ4v) is 5.19. The van der Waals surface area contributed by atoms with Crippen LogP contribution in [0.4, 0.5) is 0 Å². The van der Waals surface area contributed by atoms with E-state index in [0.29, 0.717) is 40.1 Å². The molecule has 41 heavy (non-hydrogen) atoms. The Bertz CT molecular complexity index is 1390. The Kier molecular flexibility index (Phi) is 10.0. The predicted octanol–water partition coefficient (Wildman–Crippen LogP) is 6.94. The van der Waals surface area contributed by atoms with E-state index < -0.39 is 17.2 Å². The van der Waals surface area contributed by atoms with Gasteiger partial charge in [-0.2, -0.15) is 0 Å². The Hall–Kier alpha value is -4.56. The summed E-state index contributed by atoms with van der Waals surface area (Å²) in [7, 11) is -2.39. The maximum atomic E-state index is 6.31. The first-order valence-electron chi connectivity index (χ1n) is 12.2. The van der Waals surface area contributed by atoms with Gasteiger partial charge < -0.3 is 27.4 Å². The Morgan fingerprint density at radius 1 is 0.537 bits per heavy atom. The molecule has 0 N–H and O–H groups in total. The fraction of sp³-hybridized carbons (Fsp3) is 0.0714. The summed E-state index contributed by atoms with van der Waals surface area (Å²) in [5.41, 5.74) is 0.637. The van der Waals surface area contributed by atoms with E-state index in [4.69, 9.17) is 31.9 Å². The lowest BCUT2D eigenvalue weighted by molar-refractivity contribution is 0.252. The Morgan fingerprint density at radius 2 is 1.00 bits per heavy atom. The normalized spacial score (nSPS) is 10.7. The minimum Gasteiger partial charge on any atom is -0.493 e. The summed E-state index contributed by atoms with van der Waals surface area (Å²) in [6.07, 6.45) is 12.9. The van der Waals surface area contributed by atoms with Gasteiger partial charge in [-0.05, 0) is 54.6 Å². The van der Waals surface area contributed by atoms with Crippen LogP contribution in [0.3, 0.4) is 0 Å². The van der Waals surface area contributed by atoms with Crippen molar-refractivity contribution in [3.8, 4) is 34.5 Å². The molecule has 1 aromatic carbocycles. The van der Waals surface area contributed by atoms with Gasteiger partial charge in [0.05, 0.1) is 38.5 Å². The van der Waals surface area contributed by atoms with Crippen LogP contribution < -0.4 is 27.4 Å². The summed E-state index contributed by atoms with van der Waals surface area (Å²) in [6, 6.07) is 19.5. The average molecular weight is 590 g/mol. The third kappa shape index (κ3) is 8.46. The number of para-hydroxylation sites is 1. The highest BCUT2D eigenvalue weighted by atomic mass is 31.2. The van der Waals surface area contributed by atoms with Gasteiger partial charge in [-0.15, -0.1) is 0 Å². The van der Waals surface area contributed by atoms with Crippen molar-refractivity contribution >= 4 is 17.2 Å². The molecule has 0 radical (unpaired) electrons. The van der Waals surface area contributed by atoms with Crippen molar-refractivity contribution in [3.63, 3.8) is 0 Å². The number of hydrogen-bond donors (Lipinski definition) is 0. The SMILES string of the molecule is COc1cccc(COP(Oc2cccnc2)Oc2cccnc2)c1OP(Oc1cccnc1)Oc1cccnc1. The van der Waals surface area contributed by atoms with Gasteiger partial charge in [0, 0.05) is 30.4 Å². The summed E-state index contributed by atoms with van der Waals surface area (Å²) >= 11 is 0. The molecular formula is C28H24N4O7P2. The van der Waals surface area contributed by atoms with Crippen molar-refractivity contribution in [2.24, 2.45) is 0 Å². The predicted molar refractivity (Wildman–Crippen MR) is 152 cm³/mol. The molecule has 0 unspecified atom stereocenters. The number of methoxy groups -OCH3 is 1. The molecule has 5 aromatic rings. The van der Waals surface area contributed by atoms with E-state index in [0.717, 1.165) is 0 Å². The topological polar surface area (TPSA) is 116 Å². The van der Waals surface area contributed by atoms with Crippen molar-refractivity contribution < 1.29 is 31.9 Å². The molecule has 0 saturated heterocycles. The van der Waals surface area contributed by atoms with E-state index in [1.165, 1.54) is 0 Å². The van der Waals surface area contributed by atoms with Gasteiger partial charge in [0.15, 0.2) is 11.5 Å². The molecule has 0 bridgehead atoms. The smallest absolute Gasteiger partial charge is 0.493 e. The van der Waals surface area contributed by atoms with Crippen molar-refractivity contribution in [2.45, 2.75) is 6.61 Å². The maximum absolute atomic E-state index is 6.31. The summed E-state index contributed by atoms with van der Waals surface area (Å²) in [4.78, 5) is 16.4. The van der Waals surface area contributed by atoms with Gasteiger partial charge >= 0.3 is 17.2 Å². The summed E-state index contributed by atoms with van der Waals surface area (Å²) in [5.74, 6) is 2.73. The van der Waals surface area contributed by atoms with E-state index >= 15 is 0 Å². The van der Waals surface area contributed by atoms with Crippen LogP contribution in [-0.2, 0) is 11.1 Å². The molecule has 0 aliphatic carbocycles. The summed E-state index contributed by atoms with van der Waals surface area (Å²) < 4.78 is 42.1. The van der Waals surface area contributed by atoms with Gasteiger partial charge in [-0.1, -0.05) is 12.1 Å². The van der Waals surface area contributed by atoms with E-state index in [1.54, 1.807) is 111 Å². The number of aromatic nitrogens is 4. The molecule has 0 aliphatic rings. The van der Waals surface area contributed by atoms with Crippen LogP contribution in [-0.4, -0.2) is 27.0 Å². The zero-order chi connectivity index (χ0) is 28.1. The minimum atomic E-state index is -2.02. The minimum absolute atomic E-state index is 0.0434. The first-order valence-corrected chi connectivity index (χ1v) is 14.3. The highest BCUT2D eigenvalue weighted by Crippen LogP contribution is 2.48. The van der Waals surface area contributed by atoms with Crippen LogP contribution in [0, 0.1) is 0 Å². The van der Waals surface area contributed by atoms with E-state index in [9.17, 15) is 0 Å². The Labute approximate surface area is 239 Å². The number of hydrogen-bond acceptors (Lipinski definition) is 11. The van der Waals surface area contributed by atoms with Gasteiger partial charge in [0.2, 0.25) is 0 Å². The quantitative estimate of drug-likeness (QED) is 0.125. The molecule has 0 fully saturated rings. The van der Waals surface area contributed by atoms with Gasteiger partial charge in [0.25, 0.3) is 0 Å². The van der Waals surface area contributed by atoms with Crippen LogP contribution in [0.1, 0.15) is 5.56 Å². The molecule has 13 heteroatoms. The molecule has 11 nitrogen and oxygen atoms in total. The second-order valence-corrected chi connectivity index (χ2v) is 9.95. The van der Waals surface area contributed by atoms with Crippen LogP contribution in [0.25, 0.3) is 0 Å². The molecular weight excluding hydrogens is 566 g/mol. The Balaban J connectivity index is 1.38. The number of rotatable bonds is 14. The van der Waals surface area contributed by atoms with Crippen molar-refractivity contribution in [3.05, 3.63) is 122 Å². The van der Waals surface area contributed by atoms with Crippen LogP contribution in [0.2, 0.25) is 0 Å². The van der Waals surface area contributed by atoms with Gasteiger partial charge in [0.1, 0.15) is 23.0 Å². The lowest BCUT2D eigenvalue weighted by atomic mass is 10.2. The third-order valence-electron chi connectivity index (χ3n) is 5.03. The molecule has 0 spiro atoms. The van der Waals surface area contributed by atoms with Crippen LogP contribution >= 0.6 is 17.2 Å². The molecule has 0 saturated carbocycles. The summed E-state index contributed by atoms with van der Waals surface area (Å²) in [5, 5.41) is 0. The zero-order valence-electron chi connectivity index (χ0n) is 21.7. The van der Waals surface area contributed by atoms with E-state index in [2.05, 4.69) is 19.9 Å². The molecule has 0 atom stereocenters. The van der Waals surface area contributed by atoms with Gasteiger partial charge in [-0.3, -0.25) is 24.5 Å². The zero-order valence-corrected chi connectivity index (χ0v) is 23.5. The lowest BCUT2D eigenvalue weighted by Gasteiger charge is -2.21. The lowest BCUT2D eigenvalue weighted by Crippen LogP contribution is -2.06. The number of nitrogens with zero attached hydrogens (tertiary/aromatic N) is 4. The van der Waals surface area contributed by atoms with Crippen LogP contribution in [0.15, 0.2) is 116 Å². The van der Waals surface area contributed by atoms with Gasteiger partial charge in [-0.25, -0.2) is 0 Å². The molecule has 4 aromatic heterocycles. The van der Waals surface area contributed by atoms with Crippen molar-refractivity contribution in [1.82, 2.24) is 19.9 Å². The molecule has 0 aliphatic heterocycles. The molecule has 208 valence electrons. The monoisotopic (exact) mass is 590 g/mol. The Morgan fingerprint density at radius 3 is 1.41 bits per heavy atom. The summed E-state index contributed by atoms with van der Waals surface area (Å²) in [6.45, 7) is 0.0434.